The standard InChI is InChI=1S/C15H22N2O3S/c1-10-8-17(9-11(2)20-10)15(18)7-13(12(3)16-19)14-5-4-6-21-14/h4-6,10-11,13,19H,7-9H2,1-3H3/b16-12+. The molecule has 2 heterocycles. The van der Waals surface area contributed by atoms with E-state index in [2.05, 4.69) is 5.16 Å². The lowest BCUT2D eigenvalue weighted by atomic mass is 9.97. The molecule has 3 atom stereocenters. The van der Waals surface area contributed by atoms with E-state index in [-0.39, 0.29) is 24.0 Å². The highest BCUT2D eigenvalue weighted by molar-refractivity contribution is 7.10. The largest absolute Gasteiger partial charge is 0.411 e. The molecule has 1 aromatic heterocycles. The van der Waals surface area contributed by atoms with Crippen LogP contribution in [0.5, 0.6) is 0 Å². The van der Waals surface area contributed by atoms with E-state index >= 15 is 0 Å². The van der Waals surface area contributed by atoms with Crippen molar-refractivity contribution in [3.63, 3.8) is 0 Å². The zero-order valence-corrected chi connectivity index (χ0v) is 13.5. The first-order valence-electron chi connectivity index (χ1n) is 7.16. The highest BCUT2D eigenvalue weighted by Gasteiger charge is 2.29. The molecule has 116 valence electrons. The molecule has 0 spiro atoms. The van der Waals surface area contributed by atoms with E-state index < -0.39 is 0 Å². The molecular formula is C15H22N2O3S. The Morgan fingerprint density at radius 2 is 2.19 bits per heavy atom. The van der Waals surface area contributed by atoms with Crippen molar-refractivity contribution in [2.75, 3.05) is 13.1 Å². The van der Waals surface area contributed by atoms with Gasteiger partial charge >= 0.3 is 0 Å². The first kappa shape index (κ1) is 16.0. The Kier molecular flexibility index (Phi) is 5.36. The molecule has 5 nitrogen and oxygen atoms in total. The number of amides is 1. The Balaban J connectivity index is 2.08. The van der Waals surface area contributed by atoms with Crippen LogP contribution in [0.3, 0.4) is 0 Å². The number of carbonyl (C=O) groups is 1. The number of hydrogen-bond donors (Lipinski definition) is 1. The van der Waals surface area contributed by atoms with Gasteiger partial charge in [-0.1, -0.05) is 11.2 Å². The van der Waals surface area contributed by atoms with E-state index in [9.17, 15) is 4.79 Å². The van der Waals surface area contributed by atoms with Gasteiger partial charge in [-0.05, 0) is 32.2 Å². The fourth-order valence-corrected chi connectivity index (χ4v) is 3.59. The fourth-order valence-electron chi connectivity index (χ4n) is 2.70. The lowest BCUT2D eigenvalue weighted by molar-refractivity contribution is -0.143. The summed E-state index contributed by atoms with van der Waals surface area (Å²) in [5.41, 5.74) is 0.570. The molecule has 2 rings (SSSR count). The second-order valence-corrected chi connectivity index (χ2v) is 6.55. The Hall–Kier alpha value is -1.40. The summed E-state index contributed by atoms with van der Waals surface area (Å²) in [4.78, 5) is 15.5. The molecule has 21 heavy (non-hydrogen) atoms. The third-order valence-electron chi connectivity index (χ3n) is 3.70. The Bertz CT molecular complexity index is 491. The van der Waals surface area contributed by atoms with Crippen LogP contribution in [0.2, 0.25) is 0 Å². The molecule has 1 fully saturated rings. The highest BCUT2D eigenvalue weighted by atomic mass is 32.1. The van der Waals surface area contributed by atoms with Gasteiger partial charge in [0.15, 0.2) is 0 Å². The van der Waals surface area contributed by atoms with Gasteiger partial charge in [0.2, 0.25) is 5.91 Å². The summed E-state index contributed by atoms with van der Waals surface area (Å²) in [5.74, 6) is -0.0747. The minimum absolute atomic E-state index is 0.0606. The van der Waals surface area contributed by atoms with Gasteiger partial charge in [0.1, 0.15) is 0 Å². The molecule has 6 heteroatoms. The van der Waals surface area contributed by atoms with E-state index in [4.69, 9.17) is 9.94 Å². The van der Waals surface area contributed by atoms with Crippen LogP contribution in [-0.4, -0.2) is 47.0 Å². The Labute approximate surface area is 129 Å². The molecule has 1 aliphatic heterocycles. The number of oxime groups is 1. The molecule has 0 aliphatic carbocycles. The maximum atomic E-state index is 12.6. The van der Waals surface area contributed by atoms with Crippen molar-refractivity contribution >= 4 is 23.0 Å². The lowest BCUT2D eigenvalue weighted by Crippen LogP contribution is -2.48. The summed E-state index contributed by atoms with van der Waals surface area (Å²) in [7, 11) is 0. The lowest BCUT2D eigenvalue weighted by Gasteiger charge is -2.36. The van der Waals surface area contributed by atoms with Gasteiger partial charge in [0.25, 0.3) is 0 Å². The predicted octanol–water partition coefficient (Wildman–Crippen LogP) is 2.71. The summed E-state index contributed by atoms with van der Waals surface area (Å²) in [6, 6.07) is 3.92. The summed E-state index contributed by atoms with van der Waals surface area (Å²) >= 11 is 1.58. The number of morpholine rings is 1. The van der Waals surface area contributed by atoms with Crippen molar-refractivity contribution in [3.8, 4) is 0 Å². The molecule has 1 aromatic rings. The SMILES string of the molecule is C/C(=N\O)C(CC(=O)N1CC(C)OC(C)C1)c1cccs1. The number of nitrogens with zero attached hydrogens (tertiary/aromatic N) is 2. The third-order valence-corrected chi connectivity index (χ3v) is 4.69. The van der Waals surface area contributed by atoms with Crippen LogP contribution in [0.1, 0.15) is 38.0 Å². The van der Waals surface area contributed by atoms with Crippen LogP contribution in [0, 0.1) is 0 Å². The third kappa shape index (κ3) is 4.04. The normalized spacial score (nSPS) is 24.9. The van der Waals surface area contributed by atoms with Gasteiger partial charge < -0.3 is 14.8 Å². The van der Waals surface area contributed by atoms with Crippen molar-refractivity contribution in [3.05, 3.63) is 22.4 Å². The van der Waals surface area contributed by atoms with Crippen LogP contribution >= 0.6 is 11.3 Å². The Morgan fingerprint density at radius 1 is 1.52 bits per heavy atom. The van der Waals surface area contributed by atoms with Crippen molar-refractivity contribution in [1.82, 2.24) is 4.90 Å². The van der Waals surface area contributed by atoms with Crippen molar-refractivity contribution in [1.29, 1.82) is 0 Å². The van der Waals surface area contributed by atoms with E-state index in [0.29, 0.717) is 25.2 Å². The molecule has 0 radical (unpaired) electrons. The molecular weight excluding hydrogens is 288 g/mol. The quantitative estimate of drug-likeness (QED) is 0.528. The van der Waals surface area contributed by atoms with E-state index in [1.807, 2.05) is 36.3 Å². The van der Waals surface area contributed by atoms with E-state index in [1.165, 1.54) is 0 Å². The fraction of sp³-hybridized carbons (Fsp3) is 0.600. The molecule has 1 N–H and O–H groups in total. The maximum Gasteiger partial charge on any atom is 0.223 e. The molecule has 1 saturated heterocycles. The molecule has 3 unspecified atom stereocenters. The van der Waals surface area contributed by atoms with Crippen molar-refractivity contribution in [2.24, 2.45) is 5.16 Å². The smallest absolute Gasteiger partial charge is 0.223 e. The maximum absolute atomic E-state index is 12.6. The summed E-state index contributed by atoms with van der Waals surface area (Å²) in [5, 5.41) is 14.3. The van der Waals surface area contributed by atoms with Crippen LogP contribution in [0.15, 0.2) is 22.7 Å². The minimum atomic E-state index is -0.157. The van der Waals surface area contributed by atoms with Crippen molar-refractivity contribution < 1.29 is 14.7 Å². The molecule has 0 saturated carbocycles. The monoisotopic (exact) mass is 310 g/mol. The molecule has 1 aliphatic rings. The summed E-state index contributed by atoms with van der Waals surface area (Å²) in [6.45, 7) is 6.95. The topological polar surface area (TPSA) is 62.1 Å². The van der Waals surface area contributed by atoms with Gasteiger partial charge in [-0.2, -0.15) is 0 Å². The minimum Gasteiger partial charge on any atom is -0.411 e. The van der Waals surface area contributed by atoms with Gasteiger partial charge in [0.05, 0.1) is 17.9 Å². The summed E-state index contributed by atoms with van der Waals surface area (Å²) < 4.78 is 5.66. The first-order valence-corrected chi connectivity index (χ1v) is 8.04. The number of thiophene rings is 1. The number of carbonyl (C=O) groups excluding carboxylic acids is 1. The second kappa shape index (κ2) is 7.04. The molecule has 1 amide bonds. The number of rotatable bonds is 4. The van der Waals surface area contributed by atoms with Gasteiger partial charge in [-0.25, -0.2) is 0 Å². The number of ether oxygens (including phenoxy) is 1. The average molecular weight is 310 g/mol. The van der Waals surface area contributed by atoms with Crippen LogP contribution in [0.25, 0.3) is 0 Å². The van der Waals surface area contributed by atoms with E-state index in [1.54, 1.807) is 18.3 Å². The second-order valence-electron chi connectivity index (χ2n) is 5.57. The van der Waals surface area contributed by atoms with Gasteiger partial charge in [-0.3, -0.25) is 4.79 Å². The average Bonchev–Trinajstić information content (AvgIpc) is 2.96. The summed E-state index contributed by atoms with van der Waals surface area (Å²) in [6.07, 6.45) is 0.450. The Morgan fingerprint density at radius 3 is 2.71 bits per heavy atom. The number of hydrogen-bond acceptors (Lipinski definition) is 5. The van der Waals surface area contributed by atoms with Crippen molar-refractivity contribution in [2.45, 2.75) is 45.3 Å². The van der Waals surface area contributed by atoms with Crippen LogP contribution < -0.4 is 0 Å². The zero-order chi connectivity index (χ0) is 15.4. The first-order chi connectivity index (χ1) is 10.0. The van der Waals surface area contributed by atoms with Gasteiger partial charge in [-0.15, -0.1) is 11.3 Å². The van der Waals surface area contributed by atoms with Crippen LogP contribution in [0.4, 0.5) is 0 Å². The molecule has 0 bridgehead atoms. The van der Waals surface area contributed by atoms with Gasteiger partial charge in [0, 0.05) is 30.3 Å². The molecule has 0 aromatic carbocycles. The zero-order valence-electron chi connectivity index (χ0n) is 12.7. The predicted molar refractivity (Wildman–Crippen MR) is 83.2 cm³/mol. The highest BCUT2D eigenvalue weighted by Crippen LogP contribution is 2.27. The van der Waals surface area contributed by atoms with Crippen LogP contribution in [-0.2, 0) is 9.53 Å². The van der Waals surface area contributed by atoms with E-state index in [0.717, 1.165) is 4.88 Å².